The van der Waals surface area contributed by atoms with Gasteiger partial charge in [0, 0.05) is 9.64 Å². The first kappa shape index (κ1) is 11.4. The third-order valence-electron chi connectivity index (χ3n) is 1.68. The second-order valence-electron chi connectivity index (χ2n) is 2.75. The Bertz CT molecular complexity index is 340. The molecule has 1 aromatic carbocycles. The first-order valence-corrected chi connectivity index (χ1v) is 5.27. The second-order valence-corrected chi connectivity index (χ2v) is 3.91. The predicted molar refractivity (Wildman–Crippen MR) is 60.3 cm³/mol. The van der Waals surface area contributed by atoms with Crippen molar-refractivity contribution in [1.29, 1.82) is 0 Å². The van der Waals surface area contributed by atoms with Crippen molar-refractivity contribution in [2.24, 2.45) is 0 Å². The topological polar surface area (TPSA) is 26.3 Å². The third kappa shape index (κ3) is 2.43. The smallest absolute Gasteiger partial charge is 0.163 e. The average Bonchev–Trinajstić information content (AvgIpc) is 2.01. The molecule has 0 atom stereocenters. The van der Waals surface area contributed by atoms with Crippen molar-refractivity contribution in [3.8, 4) is 5.75 Å². The summed E-state index contributed by atoms with van der Waals surface area (Å²) in [4.78, 5) is 11.1. The van der Waals surface area contributed by atoms with Crippen molar-refractivity contribution in [2.75, 3.05) is 6.61 Å². The Morgan fingerprint density at radius 3 is 2.64 bits per heavy atom. The molecule has 0 spiro atoms. The van der Waals surface area contributed by atoms with Gasteiger partial charge in [-0.1, -0.05) is 0 Å². The molecule has 0 unspecified atom stereocenters. The Morgan fingerprint density at radius 2 is 2.21 bits per heavy atom. The highest BCUT2D eigenvalue weighted by atomic mass is 127. The Morgan fingerprint density at radius 1 is 1.57 bits per heavy atom. The monoisotopic (exact) mass is 308 g/mol. The molecule has 4 heteroatoms. The molecule has 76 valence electrons. The zero-order valence-electron chi connectivity index (χ0n) is 7.93. The number of rotatable bonds is 3. The number of ketones is 1. The molecular weight excluding hydrogens is 298 g/mol. The fourth-order valence-corrected chi connectivity index (χ4v) is 2.08. The Hall–Kier alpha value is -0.650. The molecule has 0 N–H and O–H groups in total. The molecule has 0 fully saturated rings. The molecule has 0 aliphatic rings. The molecule has 0 amide bonds. The number of Topliss-reactive ketones (excluding diaryl/α,β-unsaturated/α-hetero) is 1. The molecule has 1 aromatic rings. The average molecular weight is 308 g/mol. The van der Waals surface area contributed by atoms with E-state index in [4.69, 9.17) is 4.74 Å². The van der Waals surface area contributed by atoms with Crippen LogP contribution in [0.3, 0.4) is 0 Å². The van der Waals surface area contributed by atoms with Crippen molar-refractivity contribution < 1.29 is 13.9 Å². The number of carbonyl (C=O) groups is 1. The van der Waals surface area contributed by atoms with Crippen LogP contribution < -0.4 is 4.74 Å². The fourth-order valence-electron chi connectivity index (χ4n) is 1.14. The van der Waals surface area contributed by atoms with Gasteiger partial charge in [-0.25, -0.2) is 4.39 Å². The van der Waals surface area contributed by atoms with Crippen molar-refractivity contribution in [1.82, 2.24) is 0 Å². The SMILES string of the molecule is CCOc1cc(F)c(C(C)=O)c(I)c1. The highest BCUT2D eigenvalue weighted by molar-refractivity contribution is 14.1. The van der Waals surface area contributed by atoms with Gasteiger partial charge in [-0.3, -0.25) is 4.79 Å². The lowest BCUT2D eigenvalue weighted by Gasteiger charge is -2.07. The summed E-state index contributed by atoms with van der Waals surface area (Å²) in [6.07, 6.45) is 0. The normalized spacial score (nSPS) is 10.0. The number of halogens is 2. The molecule has 2 nitrogen and oxygen atoms in total. The number of hydrogen-bond acceptors (Lipinski definition) is 2. The van der Waals surface area contributed by atoms with Gasteiger partial charge in [0.25, 0.3) is 0 Å². The zero-order valence-corrected chi connectivity index (χ0v) is 10.1. The minimum atomic E-state index is -0.521. The quantitative estimate of drug-likeness (QED) is 0.634. The van der Waals surface area contributed by atoms with Gasteiger partial charge in [0.1, 0.15) is 11.6 Å². The number of benzene rings is 1. The van der Waals surface area contributed by atoms with Crippen molar-refractivity contribution in [3.63, 3.8) is 0 Å². The Labute approximate surface area is 95.6 Å². The van der Waals surface area contributed by atoms with Crippen LogP contribution >= 0.6 is 22.6 Å². The molecule has 0 radical (unpaired) electrons. The van der Waals surface area contributed by atoms with Crippen LogP contribution in [-0.4, -0.2) is 12.4 Å². The molecular formula is C10H10FIO2. The molecule has 14 heavy (non-hydrogen) atoms. The van der Waals surface area contributed by atoms with E-state index >= 15 is 0 Å². The maximum absolute atomic E-state index is 13.4. The van der Waals surface area contributed by atoms with Gasteiger partial charge < -0.3 is 4.74 Å². The van der Waals surface area contributed by atoms with Crippen LogP contribution in [0.1, 0.15) is 24.2 Å². The van der Waals surface area contributed by atoms with E-state index in [-0.39, 0.29) is 11.3 Å². The summed E-state index contributed by atoms with van der Waals surface area (Å²) in [6.45, 7) is 3.65. The summed E-state index contributed by atoms with van der Waals surface area (Å²) in [5, 5.41) is 0. The summed E-state index contributed by atoms with van der Waals surface area (Å²) in [5.41, 5.74) is 0.133. The number of ether oxygens (including phenoxy) is 1. The van der Waals surface area contributed by atoms with E-state index < -0.39 is 5.82 Å². The summed E-state index contributed by atoms with van der Waals surface area (Å²) in [5.74, 6) is -0.331. The van der Waals surface area contributed by atoms with Gasteiger partial charge >= 0.3 is 0 Å². The van der Waals surface area contributed by atoms with Gasteiger partial charge in [-0.15, -0.1) is 0 Å². The summed E-state index contributed by atoms with van der Waals surface area (Å²) >= 11 is 1.93. The van der Waals surface area contributed by atoms with Gasteiger partial charge in [0.15, 0.2) is 5.78 Å². The van der Waals surface area contributed by atoms with E-state index in [1.54, 1.807) is 6.07 Å². The second kappa shape index (κ2) is 4.72. The van der Waals surface area contributed by atoms with Crippen molar-refractivity contribution in [3.05, 3.63) is 27.1 Å². The summed E-state index contributed by atoms with van der Waals surface area (Å²) in [6, 6.07) is 2.90. The zero-order chi connectivity index (χ0) is 10.7. The minimum absolute atomic E-state index is 0.133. The highest BCUT2D eigenvalue weighted by Crippen LogP contribution is 2.23. The highest BCUT2D eigenvalue weighted by Gasteiger charge is 2.13. The van der Waals surface area contributed by atoms with Gasteiger partial charge in [0.2, 0.25) is 0 Å². The van der Waals surface area contributed by atoms with E-state index in [0.717, 1.165) is 0 Å². The van der Waals surface area contributed by atoms with Crippen LogP contribution in [-0.2, 0) is 0 Å². The van der Waals surface area contributed by atoms with Gasteiger partial charge in [0.05, 0.1) is 12.2 Å². The lowest BCUT2D eigenvalue weighted by Crippen LogP contribution is -2.02. The third-order valence-corrected chi connectivity index (χ3v) is 2.53. The summed E-state index contributed by atoms with van der Waals surface area (Å²) in [7, 11) is 0. The van der Waals surface area contributed by atoms with E-state index in [1.165, 1.54) is 13.0 Å². The van der Waals surface area contributed by atoms with Crippen molar-refractivity contribution in [2.45, 2.75) is 13.8 Å². The number of hydrogen-bond donors (Lipinski definition) is 0. The molecule has 0 aromatic heterocycles. The Balaban J connectivity index is 3.18. The predicted octanol–water partition coefficient (Wildman–Crippen LogP) is 3.03. The minimum Gasteiger partial charge on any atom is -0.494 e. The van der Waals surface area contributed by atoms with Crippen LogP contribution in [0.2, 0.25) is 0 Å². The maximum Gasteiger partial charge on any atom is 0.163 e. The van der Waals surface area contributed by atoms with Crippen molar-refractivity contribution >= 4 is 28.4 Å². The van der Waals surface area contributed by atoms with Crippen LogP contribution in [0.25, 0.3) is 0 Å². The first-order valence-electron chi connectivity index (χ1n) is 4.19. The van der Waals surface area contributed by atoms with E-state index in [9.17, 15) is 9.18 Å². The van der Waals surface area contributed by atoms with Crippen LogP contribution in [0, 0.1) is 9.39 Å². The molecule has 0 saturated heterocycles. The van der Waals surface area contributed by atoms with Gasteiger partial charge in [-0.2, -0.15) is 0 Å². The van der Waals surface area contributed by atoms with Crippen LogP contribution in [0.15, 0.2) is 12.1 Å². The molecule has 0 heterocycles. The van der Waals surface area contributed by atoms with E-state index in [0.29, 0.717) is 15.9 Å². The Kier molecular flexibility index (Phi) is 3.86. The fraction of sp³-hybridized carbons (Fsp3) is 0.300. The molecule has 0 saturated carbocycles. The summed E-state index contributed by atoms with van der Waals surface area (Å²) < 4.78 is 19.1. The lowest BCUT2D eigenvalue weighted by atomic mass is 10.1. The largest absolute Gasteiger partial charge is 0.494 e. The molecule has 1 rings (SSSR count). The lowest BCUT2D eigenvalue weighted by molar-refractivity contribution is 0.101. The molecule has 0 aliphatic heterocycles. The molecule has 0 bridgehead atoms. The molecule has 0 aliphatic carbocycles. The van der Waals surface area contributed by atoms with Crippen LogP contribution in [0.5, 0.6) is 5.75 Å². The first-order chi connectivity index (χ1) is 6.56. The standard InChI is InChI=1S/C10H10FIO2/c1-3-14-7-4-8(11)10(6(2)13)9(12)5-7/h4-5H,3H2,1-2H3. The number of carbonyl (C=O) groups excluding carboxylic acids is 1. The van der Waals surface area contributed by atoms with Gasteiger partial charge in [-0.05, 0) is 42.5 Å². The van der Waals surface area contributed by atoms with E-state index in [1.807, 2.05) is 29.5 Å². The van der Waals surface area contributed by atoms with Crippen LogP contribution in [0.4, 0.5) is 4.39 Å². The maximum atomic E-state index is 13.4. The van der Waals surface area contributed by atoms with E-state index in [2.05, 4.69) is 0 Å².